The number of Topliss-reactive ketones (excluding diaryl/α,β-unsaturated/α-hetero) is 1. The van der Waals surface area contributed by atoms with E-state index in [1.165, 1.54) is 6.92 Å². The summed E-state index contributed by atoms with van der Waals surface area (Å²) in [6.07, 6.45) is 10.4. The van der Waals surface area contributed by atoms with E-state index in [1.54, 1.807) is 6.08 Å². The first-order valence-electron chi connectivity index (χ1n) is 7.67. The Bertz CT molecular complexity index is 339. The Morgan fingerprint density at radius 1 is 1.20 bits per heavy atom. The first-order chi connectivity index (χ1) is 9.61. The van der Waals surface area contributed by atoms with Gasteiger partial charge < -0.3 is 10.4 Å². The summed E-state index contributed by atoms with van der Waals surface area (Å²) in [5.41, 5.74) is 0. The monoisotopic (exact) mass is 281 g/mol. The lowest BCUT2D eigenvalue weighted by molar-refractivity contribution is -0.119. The number of nitrogens with one attached hydrogen (secondary N) is 1. The summed E-state index contributed by atoms with van der Waals surface area (Å²) in [5.74, 6) is 0.375. The van der Waals surface area contributed by atoms with Crippen LogP contribution in [0.3, 0.4) is 0 Å². The Morgan fingerprint density at radius 3 is 2.55 bits per heavy atom. The molecule has 1 fully saturated rings. The van der Waals surface area contributed by atoms with E-state index in [4.69, 9.17) is 5.11 Å². The predicted molar refractivity (Wildman–Crippen MR) is 79.6 cm³/mol. The van der Waals surface area contributed by atoms with E-state index < -0.39 is 0 Å². The van der Waals surface area contributed by atoms with Crippen LogP contribution in [0.1, 0.15) is 58.3 Å². The van der Waals surface area contributed by atoms with Crippen molar-refractivity contribution in [2.24, 2.45) is 0 Å². The molecule has 0 bridgehead atoms. The molecule has 2 N–H and O–H groups in total. The highest BCUT2D eigenvalue weighted by Gasteiger charge is 2.22. The van der Waals surface area contributed by atoms with Gasteiger partial charge in [-0.2, -0.15) is 0 Å². The molecule has 1 saturated heterocycles. The van der Waals surface area contributed by atoms with Crippen molar-refractivity contribution >= 4 is 11.6 Å². The standard InChI is InChI=1S/C16H27NO3/c1-13(19)6-3-2-4-8-16(20)9-5-7-14-10-11-15(12-18)17-14/h3,6,14-15,17-18H,2,4-5,7-12H2,1H3/b6-3+/t14-,15-/m0/s1. The van der Waals surface area contributed by atoms with Gasteiger partial charge in [0.1, 0.15) is 5.78 Å². The molecule has 0 aromatic carbocycles. The summed E-state index contributed by atoms with van der Waals surface area (Å²) in [5, 5.41) is 12.4. The summed E-state index contributed by atoms with van der Waals surface area (Å²) >= 11 is 0. The number of unbranched alkanes of at least 4 members (excludes halogenated alkanes) is 1. The van der Waals surface area contributed by atoms with Crippen LogP contribution in [-0.4, -0.2) is 35.4 Å². The number of rotatable bonds is 10. The first-order valence-corrected chi connectivity index (χ1v) is 7.67. The van der Waals surface area contributed by atoms with Crippen LogP contribution in [-0.2, 0) is 9.59 Å². The fourth-order valence-corrected chi connectivity index (χ4v) is 2.61. The van der Waals surface area contributed by atoms with Crippen LogP contribution in [0.5, 0.6) is 0 Å². The fourth-order valence-electron chi connectivity index (χ4n) is 2.61. The molecule has 0 aromatic heterocycles. The molecule has 2 atom stereocenters. The van der Waals surface area contributed by atoms with Crippen molar-refractivity contribution in [3.8, 4) is 0 Å². The van der Waals surface area contributed by atoms with Crippen molar-refractivity contribution in [2.45, 2.75) is 70.4 Å². The summed E-state index contributed by atoms with van der Waals surface area (Å²) in [4.78, 5) is 22.4. The van der Waals surface area contributed by atoms with Crippen LogP contribution in [0.2, 0.25) is 0 Å². The third kappa shape index (κ3) is 7.56. The number of hydrogen-bond acceptors (Lipinski definition) is 4. The van der Waals surface area contributed by atoms with Crippen molar-refractivity contribution in [2.75, 3.05) is 6.61 Å². The van der Waals surface area contributed by atoms with E-state index in [1.807, 2.05) is 6.08 Å². The first kappa shape index (κ1) is 17.1. The van der Waals surface area contributed by atoms with Crippen LogP contribution in [0.25, 0.3) is 0 Å². The zero-order chi connectivity index (χ0) is 14.8. The largest absolute Gasteiger partial charge is 0.395 e. The van der Waals surface area contributed by atoms with E-state index in [0.29, 0.717) is 24.7 Å². The Hall–Kier alpha value is -1.00. The number of carbonyl (C=O) groups excluding carboxylic acids is 2. The Kier molecular flexibility index (Phi) is 8.38. The van der Waals surface area contributed by atoms with Crippen molar-refractivity contribution in [1.82, 2.24) is 5.32 Å². The molecule has 0 saturated carbocycles. The smallest absolute Gasteiger partial charge is 0.152 e. The molecule has 0 aromatic rings. The number of aliphatic hydroxyl groups excluding tert-OH is 1. The maximum atomic E-state index is 11.7. The van der Waals surface area contributed by atoms with Crippen molar-refractivity contribution in [1.29, 1.82) is 0 Å². The third-order valence-electron chi connectivity index (χ3n) is 3.74. The highest BCUT2D eigenvalue weighted by molar-refractivity contribution is 5.87. The maximum absolute atomic E-state index is 11.7. The number of aliphatic hydroxyl groups is 1. The molecule has 0 spiro atoms. The van der Waals surface area contributed by atoms with Crippen LogP contribution < -0.4 is 5.32 Å². The molecule has 0 unspecified atom stereocenters. The quantitative estimate of drug-likeness (QED) is 0.476. The molecule has 1 heterocycles. The number of hydrogen-bond donors (Lipinski definition) is 2. The summed E-state index contributed by atoms with van der Waals surface area (Å²) in [6, 6.07) is 0.724. The van der Waals surface area contributed by atoms with E-state index in [2.05, 4.69) is 5.32 Å². The number of carbonyl (C=O) groups is 2. The van der Waals surface area contributed by atoms with Gasteiger partial charge in [-0.3, -0.25) is 9.59 Å². The SMILES string of the molecule is CC(=O)/C=C/CCCC(=O)CCC[C@H]1CC[C@@H](CO)N1. The lowest BCUT2D eigenvalue weighted by Gasteiger charge is -2.12. The van der Waals surface area contributed by atoms with Crippen molar-refractivity contribution in [3.05, 3.63) is 12.2 Å². The molecular formula is C16H27NO3. The average Bonchev–Trinajstić information content (AvgIpc) is 2.86. The molecule has 114 valence electrons. The Labute approximate surface area is 121 Å². The van der Waals surface area contributed by atoms with Crippen LogP contribution in [0.15, 0.2) is 12.2 Å². The van der Waals surface area contributed by atoms with Gasteiger partial charge in [0, 0.05) is 24.9 Å². The van der Waals surface area contributed by atoms with E-state index in [-0.39, 0.29) is 18.4 Å². The second kappa shape index (κ2) is 9.83. The Balaban J connectivity index is 1.99. The van der Waals surface area contributed by atoms with Crippen molar-refractivity contribution < 1.29 is 14.7 Å². The van der Waals surface area contributed by atoms with Gasteiger partial charge in [-0.1, -0.05) is 6.08 Å². The summed E-state index contributed by atoms with van der Waals surface area (Å²) < 4.78 is 0. The van der Waals surface area contributed by atoms with Crippen LogP contribution >= 0.6 is 0 Å². The summed E-state index contributed by atoms with van der Waals surface area (Å²) in [6.45, 7) is 1.74. The third-order valence-corrected chi connectivity index (χ3v) is 3.74. The Morgan fingerprint density at radius 2 is 1.90 bits per heavy atom. The minimum absolute atomic E-state index is 0.0570. The van der Waals surface area contributed by atoms with E-state index in [9.17, 15) is 9.59 Å². The minimum atomic E-state index is 0.0570. The predicted octanol–water partition coefficient (Wildman–Crippen LogP) is 2.15. The van der Waals surface area contributed by atoms with Gasteiger partial charge in [-0.05, 0) is 51.5 Å². The molecule has 0 aliphatic carbocycles. The second-order valence-electron chi connectivity index (χ2n) is 5.66. The van der Waals surface area contributed by atoms with Crippen molar-refractivity contribution in [3.63, 3.8) is 0 Å². The van der Waals surface area contributed by atoms with Crippen LogP contribution in [0, 0.1) is 0 Å². The van der Waals surface area contributed by atoms with Gasteiger partial charge in [0.05, 0.1) is 6.61 Å². The molecule has 4 nitrogen and oxygen atoms in total. The van der Waals surface area contributed by atoms with Gasteiger partial charge in [0.15, 0.2) is 5.78 Å². The molecule has 1 aliphatic heterocycles. The topological polar surface area (TPSA) is 66.4 Å². The van der Waals surface area contributed by atoms with E-state index in [0.717, 1.165) is 38.5 Å². The lowest BCUT2D eigenvalue weighted by Crippen LogP contribution is -2.31. The minimum Gasteiger partial charge on any atom is -0.395 e. The zero-order valence-electron chi connectivity index (χ0n) is 12.4. The highest BCUT2D eigenvalue weighted by Crippen LogP contribution is 2.17. The normalized spacial score (nSPS) is 22.5. The molecular weight excluding hydrogens is 254 g/mol. The summed E-state index contributed by atoms with van der Waals surface area (Å²) in [7, 11) is 0. The zero-order valence-corrected chi connectivity index (χ0v) is 12.4. The van der Waals surface area contributed by atoms with Gasteiger partial charge in [-0.25, -0.2) is 0 Å². The molecule has 1 rings (SSSR count). The molecule has 0 amide bonds. The van der Waals surface area contributed by atoms with Crippen LogP contribution in [0.4, 0.5) is 0 Å². The lowest BCUT2D eigenvalue weighted by atomic mass is 10.0. The maximum Gasteiger partial charge on any atom is 0.152 e. The number of ketones is 2. The second-order valence-corrected chi connectivity index (χ2v) is 5.66. The molecule has 20 heavy (non-hydrogen) atoms. The fraction of sp³-hybridized carbons (Fsp3) is 0.750. The van der Waals surface area contributed by atoms with Gasteiger partial charge in [0.2, 0.25) is 0 Å². The van der Waals surface area contributed by atoms with E-state index >= 15 is 0 Å². The van der Waals surface area contributed by atoms with Gasteiger partial charge in [0.25, 0.3) is 0 Å². The molecule has 0 radical (unpaired) electrons. The highest BCUT2D eigenvalue weighted by atomic mass is 16.3. The average molecular weight is 281 g/mol. The molecule has 4 heteroatoms. The molecule has 1 aliphatic rings. The number of allylic oxidation sites excluding steroid dienone is 2. The van der Waals surface area contributed by atoms with Gasteiger partial charge >= 0.3 is 0 Å². The van der Waals surface area contributed by atoms with Gasteiger partial charge in [-0.15, -0.1) is 0 Å².